The fraction of sp³-hybridized carbons (Fsp3) is 0.304. The molecule has 3 rings (SSSR count). The van der Waals surface area contributed by atoms with E-state index in [4.69, 9.17) is 4.74 Å². The number of fused-ring (bicyclic) bond motifs is 1. The van der Waals surface area contributed by atoms with Gasteiger partial charge in [0.25, 0.3) is 0 Å². The number of carbonyl (C=O) groups excluding carboxylic acids is 2. The Balaban J connectivity index is 1.32. The van der Waals surface area contributed by atoms with Crippen LogP contribution in [-0.4, -0.2) is 23.4 Å². The Hall–Kier alpha value is -3.28. The highest BCUT2D eigenvalue weighted by atomic mass is 16.5. The molecule has 6 heteroatoms. The fourth-order valence-corrected chi connectivity index (χ4v) is 3.13. The first-order valence-electron chi connectivity index (χ1n) is 9.85. The molecule has 29 heavy (non-hydrogen) atoms. The van der Waals surface area contributed by atoms with E-state index < -0.39 is 0 Å². The Kier molecular flexibility index (Phi) is 6.89. The molecule has 6 nitrogen and oxygen atoms in total. The van der Waals surface area contributed by atoms with Crippen molar-refractivity contribution in [1.29, 1.82) is 0 Å². The molecule has 0 aliphatic carbocycles. The molecule has 1 heterocycles. The van der Waals surface area contributed by atoms with Gasteiger partial charge < -0.3 is 9.72 Å². The molecule has 3 aromatic rings. The Morgan fingerprint density at radius 3 is 2.66 bits per heavy atom. The normalized spacial score (nSPS) is 10.7. The van der Waals surface area contributed by atoms with Crippen LogP contribution in [0.5, 0.6) is 5.75 Å². The standard InChI is InChI=1S/C23H27N3O3/c1-16-10-11-17(2)21(13-16)29-12-6-5-9-22(27)25-26-23(28)14-18-15-24-20-8-4-3-7-19(18)20/h3-4,7-8,10-11,13,15,24H,5-6,9,12,14H2,1-2H3,(H,25,27)(H,26,28). The van der Waals surface area contributed by atoms with E-state index in [0.717, 1.165) is 39.8 Å². The van der Waals surface area contributed by atoms with Gasteiger partial charge in [0.2, 0.25) is 11.8 Å². The van der Waals surface area contributed by atoms with Crippen LogP contribution >= 0.6 is 0 Å². The van der Waals surface area contributed by atoms with E-state index in [1.54, 1.807) is 0 Å². The number of aryl methyl sites for hydroxylation is 2. The van der Waals surface area contributed by atoms with Crippen molar-refractivity contribution in [3.8, 4) is 5.75 Å². The molecule has 0 fully saturated rings. The molecule has 0 atom stereocenters. The maximum absolute atomic E-state index is 12.1. The number of amides is 2. The number of nitrogens with one attached hydrogen (secondary N) is 3. The minimum Gasteiger partial charge on any atom is -0.493 e. The molecule has 0 saturated heterocycles. The molecule has 3 N–H and O–H groups in total. The van der Waals surface area contributed by atoms with Crippen molar-refractivity contribution in [1.82, 2.24) is 15.8 Å². The van der Waals surface area contributed by atoms with E-state index in [1.807, 2.05) is 56.4 Å². The lowest BCUT2D eigenvalue weighted by Crippen LogP contribution is -2.42. The number of ether oxygens (including phenoxy) is 1. The molecule has 0 unspecified atom stereocenters. The largest absolute Gasteiger partial charge is 0.493 e. The highest BCUT2D eigenvalue weighted by molar-refractivity contribution is 5.89. The van der Waals surface area contributed by atoms with Gasteiger partial charge in [-0.25, -0.2) is 0 Å². The Labute approximate surface area is 170 Å². The van der Waals surface area contributed by atoms with Crippen molar-refractivity contribution in [2.24, 2.45) is 0 Å². The van der Waals surface area contributed by atoms with Gasteiger partial charge in [0.05, 0.1) is 13.0 Å². The summed E-state index contributed by atoms with van der Waals surface area (Å²) in [4.78, 5) is 27.2. The number of unbranched alkanes of at least 4 members (excludes halogenated alkanes) is 1. The average molecular weight is 393 g/mol. The van der Waals surface area contributed by atoms with Crippen molar-refractivity contribution in [2.45, 2.75) is 39.5 Å². The predicted molar refractivity (Wildman–Crippen MR) is 114 cm³/mol. The van der Waals surface area contributed by atoms with Gasteiger partial charge in [0, 0.05) is 23.5 Å². The average Bonchev–Trinajstić information content (AvgIpc) is 3.11. The zero-order valence-corrected chi connectivity index (χ0v) is 16.9. The second kappa shape index (κ2) is 9.78. The Morgan fingerprint density at radius 1 is 1.00 bits per heavy atom. The lowest BCUT2D eigenvalue weighted by atomic mass is 10.1. The summed E-state index contributed by atoms with van der Waals surface area (Å²) >= 11 is 0. The second-order valence-corrected chi connectivity index (χ2v) is 7.21. The number of hydrogen-bond donors (Lipinski definition) is 3. The van der Waals surface area contributed by atoms with Gasteiger partial charge in [-0.1, -0.05) is 30.3 Å². The maximum Gasteiger partial charge on any atom is 0.242 e. The van der Waals surface area contributed by atoms with E-state index in [2.05, 4.69) is 21.9 Å². The van der Waals surface area contributed by atoms with Crippen molar-refractivity contribution in [3.63, 3.8) is 0 Å². The molecule has 0 bridgehead atoms. The smallest absolute Gasteiger partial charge is 0.242 e. The molecule has 0 spiro atoms. The summed E-state index contributed by atoms with van der Waals surface area (Å²) in [6.07, 6.45) is 3.82. The number of H-pyrrole nitrogens is 1. The van der Waals surface area contributed by atoms with Gasteiger partial charge in [-0.15, -0.1) is 0 Å². The summed E-state index contributed by atoms with van der Waals surface area (Å²) in [5, 5.41) is 1.01. The lowest BCUT2D eigenvalue weighted by molar-refractivity contribution is -0.128. The number of carbonyl (C=O) groups is 2. The molecule has 0 aliphatic heterocycles. The van der Waals surface area contributed by atoms with E-state index in [0.29, 0.717) is 19.4 Å². The third kappa shape index (κ3) is 5.85. The van der Waals surface area contributed by atoms with E-state index >= 15 is 0 Å². The zero-order chi connectivity index (χ0) is 20.6. The molecule has 0 aliphatic rings. The van der Waals surface area contributed by atoms with Gasteiger partial charge >= 0.3 is 0 Å². The maximum atomic E-state index is 12.1. The third-order valence-electron chi connectivity index (χ3n) is 4.77. The van der Waals surface area contributed by atoms with Gasteiger partial charge in [-0.3, -0.25) is 20.4 Å². The topological polar surface area (TPSA) is 83.2 Å². The van der Waals surface area contributed by atoms with Crippen LogP contribution in [0.15, 0.2) is 48.7 Å². The summed E-state index contributed by atoms with van der Waals surface area (Å²) in [6, 6.07) is 13.9. The van der Waals surface area contributed by atoms with E-state index in [-0.39, 0.29) is 18.2 Å². The Bertz CT molecular complexity index is 994. The van der Waals surface area contributed by atoms with Crippen LogP contribution in [0, 0.1) is 13.8 Å². The van der Waals surface area contributed by atoms with Crippen molar-refractivity contribution >= 4 is 22.7 Å². The van der Waals surface area contributed by atoms with Gasteiger partial charge in [-0.2, -0.15) is 0 Å². The zero-order valence-electron chi connectivity index (χ0n) is 16.9. The lowest BCUT2D eigenvalue weighted by Gasteiger charge is -2.10. The van der Waals surface area contributed by atoms with Gasteiger partial charge in [0.1, 0.15) is 5.75 Å². The highest BCUT2D eigenvalue weighted by Gasteiger charge is 2.09. The van der Waals surface area contributed by atoms with Gasteiger partial charge in [-0.05, 0) is 55.5 Å². The number of para-hydroxylation sites is 1. The molecule has 152 valence electrons. The van der Waals surface area contributed by atoms with E-state index in [1.165, 1.54) is 0 Å². The number of benzene rings is 2. The van der Waals surface area contributed by atoms with Gasteiger partial charge in [0.15, 0.2) is 0 Å². The van der Waals surface area contributed by atoms with Crippen molar-refractivity contribution < 1.29 is 14.3 Å². The number of hydrogen-bond acceptors (Lipinski definition) is 3. The van der Waals surface area contributed by atoms with Crippen LogP contribution in [0.2, 0.25) is 0 Å². The molecule has 0 saturated carbocycles. The first-order valence-corrected chi connectivity index (χ1v) is 9.85. The molecule has 0 radical (unpaired) electrons. The van der Waals surface area contributed by atoms with Crippen molar-refractivity contribution in [3.05, 3.63) is 65.4 Å². The molecular formula is C23H27N3O3. The number of hydrazine groups is 1. The van der Waals surface area contributed by atoms with Crippen LogP contribution in [0.1, 0.15) is 36.0 Å². The number of aromatic amines is 1. The SMILES string of the molecule is Cc1ccc(C)c(OCCCCC(=O)NNC(=O)Cc2c[nH]c3ccccc23)c1. The first kappa shape index (κ1) is 20.5. The molecule has 2 amide bonds. The predicted octanol–water partition coefficient (Wildman–Crippen LogP) is 3.72. The number of aromatic nitrogens is 1. The quantitative estimate of drug-likeness (QED) is 0.403. The van der Waals surface area contributed by atoms with Crippen LogP contribution < -0.4 is 15.6 Å². The first-order chi connectivity index (χ1) is 14.0. The molecule has 2 aromatic carbocycles. The van der Waals surface area contributed by atoms with Crippen LogP contribution in [0.3, 0.4) is 0 Å². The molecule has 1 aromatic heterocycles. The monoisotopic (exact) mass is 393 g/mol. The summed E-state index contributed by atoms with van der Waals surface area (Å²) < 4.78 is 5.79. The summed E-state index contributed by atoms with van der Waals surface area (Å²) in [6.45, 7) is 4.61. The minimum absolute atomic E-state index is 0.202. The highest BCUT2D eigenvalue weighted by Crippen LogP contribution is 2.19. The summed E-state index contributed by atoms with van der Waals surface area (Å²) in [5.74, 6) is 0.435. The Morgan fingerprint density at radius 2 is 1.79 bits per heavy atom. The van der Waals surface area contributed by atoms with Crippen LogP contribution in [-0.2, 0) is 16.0 Å². The number of rotatable bonds is 8. The van der Waals surface area contributed by atoms with Crippen LogP contribution in [0.25, 0.3) is 10.9 Å². The van der Waals surface area contributed by atoms with E-state index in [9.17, 15) is 9.59 Å². The molecular weight excluding hydrogens is 366 g/mol. The fourth-order valence-electron chi connectivity index (χ4n) is 3.13. The summed E-state index contributed by atoms with van der Waals surface area (Å²) in [7, 11) is 0. The summed E-state index contributed by atoms with van der Waals surface area (Å²) in [5.41, 5.74) is 9.11. The third-order valence-corrected chi connectivity index (χ3v) is 4.77. The van der Waals surface area contributed by atoms with Crippen LogP contribution in [0.4, 0.5) is 0 Å². The van der Waals surface area contributed by atoms with Crippen molar-refractivity contribution in [2.75, 3.05) is 6.61 Å². The minimum atomic E-state index is -0.249. The second-order valence-electron chi connectivity index (χ2n) is 7.21.